The first-order valence-electron chi connectivity index (χ1n) is 12.7. The van der Waals surface area contributed by atoms with Crippen LogP contribution in [0.2, 0.25) is 5.02 Å². The average molecular weight is 491 g/mol. The van der Waals surface area contributed by atoms with Gasteiger partial charge in [-0.1, -0.05) is 32.4 Å². The van der Waals surface area contributed by atoms with Crippen LogP contribution in [0, 0.1) is 0 Å². The zero-order valence-electron chi connectivity index (χ0n) is 21.2. The molecule has 2 N–H and O–H groups in total. The van der Waals surface area contributed by atoms with Crippen LogP contribution in [0.4, 0.5) is 5.69 Å². The standard InChI is InChI=1S/C26H39ClN4O3/c1-6-23(32)29-12-13-30-22-14-19(21(27)15-20(22)26(7-2,8-3)25(30)34)24(33)31(17(4)5)18-10-9-11-28-16-18/h14-15,17-18,28H,6-13,16H2,1-5H3,(H,29,32)/t18-/m1/s1. The Balaban J connectivity index is 2.01. The van der Waals surface area contributed by atoms with E-state index in [2.05, 4.69) is 10.6 Å². The van der Waals surface area contributed by atoms with E-state index in [1.54, 1.807) is 17.9 Å². The number of amides is 3. The highest BCUT2D eigenvalue weighted by Crippen LogP contribution is 2.48. The van der Waals surface area contributed by atoms with Gasteiger partial charge in [-0.2, -0.15) is 0 Å². The third-order valence-corrected chi connectivity index (χ3v) is 7.73. The Bertz CT molecular complexity index is 923. The van der Waals surface area contributed by atoms with Crippen LogP contribution in [0.3, 0.4) is 0 Å². The molecule has 0 radical (unpaired) electrons. The van der Waals surface area contributed by atoms with E-state index in [1.807, 2.05) is 38.7 Å². The number of piperidine rings is 1. The zero-order valence-corrected chi connectivity index (χ0v) is 21.9. The molecule has 34 heavy (non-hydrogen) atoms. The van der Waals surface area contributed by atoms with Gasteiger partial charge in [0.1, 0.15) is 0 Å². The Labute approximate surface area is 208 Å². The Morgan fingerprint density at radius 3 is 2.53 bits per heavy atom. The van der Waals surface area contributed by atoms with Gasteiger partial charge in [-0.05, 0) is 63.8 Å². The van der Waals surface area contributed by atoms with Gasteiger partial charge in [-0.3, -0.25) is 14.4 Å². The highest BCUT2D eigenvalue weighted by atomic mass is 35.5. The quantitative estimate of drug-likeness (QED) is 0.550. The number of anilines is 1. The molecule has 0 saturated carbocycles. The Morgan fingerprint density at radius 1 is 1.26 bits per heavy atom. The summed E-state index contributed by atoms with van der Waals surface area (Å²) >= 11 is 6.74. The highest BCUT2D eigenvalue weighted by molar-refractivity contribution is 6.34. The fourth-order valence-corrected chi connectivity index (χ4v) is 5.68. The summed E-state index contributed by atoms with van der Waals surface area (Å²) in [6.07, 6.45) is 3.66. The normalized spacial score (nSPS) is 19.3. The number of carbonyl (C=O) groups excluding carboxylic acids is 3. The fraction of sp³-hybridized carbons (Fsp3) is 0.654. The van der Waals surface area contributed by atoms with Crippen molar-refractivity contribution in [2.24, 2.45) is 0 Å². The molecule has 188 valence electrons. The molecule has 0 aromatic heterocycles. The van der Waals surface area contributed by atoms with Crippen LogP contribution in [0.5, 0.6) is 0 Å². The van der Waals surface area contributed by atoms with Crippen molar-refractivity contribution in [3.05, 3.63) is 28.3 Å². The zero-order chi connectivity index (χ0) is 25.0. The van der Waals surface area contributed by atoms with Crippen molar-refractivity contribution in [2.75, 3.05) is 31.1 Å². The van der Waals surface area contributed by atoms with Gasteiger partial charge in [0.15, 0.2) is 0 Å². The van der Waals surface area contributed by atoms with E-state index in [-0.39, 0.29) is 29.8 Å². The molecule has 3 amide bonds. The predicted molar refractivity (Wildman–Crippen MR) is 137 cm³/mol. The van der Waals surface area contributed by atoms with Gasteiger partial charge in [0, 0.05) is 43.8 Å². The van der Waals surface area contributed by atoms with E-state index < -0.39 is 5.41 Å². The second-order valence-corrected chi connectivity index (χ2v) is 10.0. The summed E-state index contributed by atoms with van der Waals surface area (Å²) in [6.45, 7) is 12.3. The smallest absolute Gasteiger partial charge is 0.255 e. The molecule has 0 bridgehead atoms. The molecule has 1 fully saturated rings. The third kappa shape index (κ3) is 4.82. The minimum absolute atomic E-state index is 0.0103. The van der Waals surface area contributed by atoms with E-state index in [4.69, 9.17) is 11.6 Å². The van der Waals surface area contributed by atoms with Gasteiger partial charge in [0.05, 0.1) is 16.0 Å². The number of rotatable bonds is 9. The monoisotopic (exact) mass is 490 g/mol. The molecular weight excluding hydrogens is 452 g/mol. The number of carbonyl (C=O) groups is 3. The lowest BCUT2D eigenvalue weighted by Gasteiger charge is -2.38. The van der Waals surface area contributed by atoms with Crippen LogP contribution in [-0.2, 0) is 15.0 Å². The summed E-state index contributed by atoms with van der Waals surface area (Å²) in [6, 6.07) is 3.77. The van der Waals surface area contributed by atoms with Crippen molar-refractivity contribution in [1.29, 1.82) is 0 Å². The Hall–Kier alpha value is -2.12. The van der Waals surface area contributed by atoms with Crippen molar-refractivity contribution in [3.8, 4) is 0 Å². The van der Waals surface area contributed by atoms with Crippen LogP contribution in [-0.4, -0.2) is 60.9 Å². The van der Waals surface area contributed by atoms with Crippen molar-refractivity contribution in [3.63, 3.8) is 0 Å². The molecule has 0 unspecified atom stereocenters. The molecule has 0 spiro atoms. The van der Waals surface area contributed by atoms with Crippen LogP contribution in [0.15, 0.2) is 12.1 Å². The molecule has 0 aliphatic carbocycles. The molecule has 3 rings (SSSR count). The molecule has 2 aliphatic heterocycles. The molecule has 7 nitrogen and oxygen atoms in total. The number of benzene rings is 1. The maximum Gasteiger partial charge on any atom is 0.255 e. The summed E-state index contributed by atoms with van der Waals surface area (Å²) in [5, 5.41) is 6.64. The number of halogens is 1. The second kappa shape index (κ2) is 11.1. The van der Waals surface area contributed by atoms with Gasteiger partial charge in [-0.15, -0.1) is 0 Å². The second-order valence-electron chi connectivity index (χ2n) is 9.61. The largest absolute Gasteiger partial charge is 0.354 e. The predicted octanol–water partition coefficient (Wildman–Crippen LogP) is 3.87. The molecule has 1 saturated heterocycles. The van der Waals surface area contributed by atoms with E-state index >= 15 is 0 Å². The number of nitrogens with one attached hydrogen (secondary N) is 2. The molecule has 1 aromatic carbocycles. The number of fused-ring (bicyclic) bond motifs is 1. The average Bonchev–Trinajstić information content (AvgIpc) is 3.05. The molecule has 1 atom stereocenters. The van der Waals surface area contributed by atoms with Gasteiger partial charge in [-0.25, -0.2) is 0 Å². The van der Waals surface area contributed by atoms with E-state index in [1.165, 1.54) is 0 Å². The van der Waals surface area contributed by atoms with Crippen LogP contribution < -0.4 is 15.5 Å². The van der Waals surface area contributed by atoms with Gasteiger partial charge in [0.2, 0.25) is 11.8 Å². The first kappa shape index (κ1) is 26.5. The summed E-state index contributed by atoms with van der Waals surface area (Å²) in [4.78, 5) is 42.8. The van der Waals surface area contributed by atoms with E-state index in [0.717, 1.165) is 37.2 Å². The lowest BCUT2D eigenvalue weighted by Crippen LogP contribution is -2.51. The van der Waals surface area contributed by atoms with Gasteiger partial charge >= 0.3 is 0 Å². The number of hydrogen-bond acceptors (Lipinski definition) is 4. The minimum Gasteiger partial charge on any atom is -0.354 e. The summed E-state index contributed by atoms with van der Waals surface area (Å²) in [7, 11) is 0. The first-order chi connectivity index (χ1) is 16.2. The first-order valence-corrected chi connectivity index (χ1v) is 13.1. The van der Waals surface area contributed by atoms with Crippen molar-refractivity contribution < 1.29 is 14.4 Å². The summed E-state index contributed by atoms with van der Waals surface area (Å²) in [5.41, 5.74) is 1.37. The van der Waals surface area contributed by atoms with Crippen LogP contribution in [0.1, 0.15) is 82.6 Å². The fourth-order valence-electron chi connectivity index (χ4n) is 5.43. The Kier molecular flexibility index (Phi) is 8.63. The van der Waals surface area contributed by atoms with E-state index in [0.29, 0.717) is 42.9 Å². The lowest BCUT2D eigenvalue weighted by molar-refractivity contribution is -0.124. The number of nitrogens with zero attached hydrogens (tertiary/aromatic N) is 2. The SMILES string of the molecule is CCC(=O)NCCN1C(=O)C(CC)(CC)c2cc(Cl)c(C(=O)N(C(C)C)[C@@H]3CCCNC3)cc21. The third-order valence-electron chi connectivity index (χ3n) is 7.42. The van der Waals surface area contributed by atoms with Gasteiger partial charge in [0.25, 0.3) is 5.91 Å². The molecule has 2 aliphatic rings. The lowest BCUT2D eigenvalue weighted by atomic mass is 9.76. The number of hydrogen-bond donors (Lipinski definition) is 2. The maximum atomic E-state index is 13.8. The van der Waals surface area contributed by atoms with Crippen LogP contribution >= 0.6 is 11.6 Å². The molecule has 2 heterocycles. The summed E-state index contributed by atoms with van der Waals surface area (Å²) < 4.78 is 0. The van der Waals surface area contributed by atoms with Gasteiger partial charge < -0.3 is 20.4 Å². The minimum atomic E-state index is -0.666. The van der Waals surface area contributed by atoms with E-state index in [9.17, 15) is 14.4 Å². The van der Waals surface area contributed by atoms with Crippen molar-refractivity contribution in [1.82, 2.24) is 15.5 Å². The van der Waals surface area contributed by atoms with Crippen molar-refractivity contribution >= 4 is 35.0 Å². The molecular formula is C26H39ClN4O3. The van der Waals surface area contributed by atoms with Crippen molar-refractivity contribution in [2.45, 2.75) is 84.2 Å². The Morgan fingerprint density at radius 2 is 1.97 bits per heavy atom. The molecule has 1 aromatic rings. The highest BCUT2D eigenvalue weighted by Gasteiger charge is 2.49. The molecule has 8 heteroatoms. The van der Waals surface area contributed by atoms with Crippen LogP contribution in [0.25, 0.3) is 0 Å². The maximum absolute atomic E-state index is 13.8. The summed E-state index contributed by atoms with van der Waals surface area (Å²) in [5.74, 6) is -0.144. The topological polar surface area (TPSA) is 81.8 Å².